The predicted molar refractivity (Wildman–Crippen MR) is 121 cm³/mol. The molecule has 12 heteroatoms. The van der Waals surface area contributed by atoms with Gasteiger partial charge in [-0.05, 0) is 37.6 Å². The van der Waals surface area contributed by atoms with Crippen molar-refractivity contribution >= 4 is 21.6 Å². The van der Waals surface area contributed by atoms with Gasteiger partial charge in [0.2, 0.25) is 0 Å². The molecule has 0 saturated carbocycles. The molecule has 0 bridgehead atoms. The zero-order valence-corrected chi connectivity index (χ0v) is 19.5. The van der Waals surface area contributed by atoms with E-state index in [1.807, 2.05) is 0 Å². The zero-order chi connectivity index (χ0) is 25.5. The molecule has 1 aliphatic heterocycles. The molecule has 2 aromatic carbocycles. The Morgan fingerprint density at radius 3 is 2.51 bits per heavy atom. The average molecular weight is 510 g/mol. The van der Waals surface area contributed by atoms with E-state index in [0.29, 0.717) is 29.0 Å². The van der Waals surface area contributed by atoms with Gasteiger partial charge in [0.25, 0.3) is 0 Å². The van der Waals surface area contributed by atoms with Crippen molar-refractivity contribution in [2.75, 3.05) is 18.6 Å². The van der Waals surface area contributed by atoms with Crippen LogP contribution < -0.4 is 9.64 Å². The van der Waals surface area contributed by atoms with Crippen molar-refractivity contribution in [1.82, 2.24) is 9.78 Å². The highest BCUT2D eigenvalue weighted by Gasteiger charge is 2.47. The molecule has 3 aromatic rings. The second-order valence-electron chi connectivity index (χ2n) is 8.16. The summed E-state index contributed by atoms with van der Waals surface area (Å²) in [7, 11) is -3.03. The van der Waals surface area contributed by atoms with Crippen molar-refractivity contribution in [2.45, 2.75) is 35.7 Å². The summed E-state index contributed by atoms with van der Waals surface area (Å²) in [4.78, 5) is 12.6. The summed E-state index contributed by atoms with van der Waals surface area (Å²) < 4.78 is 73.9. The third-order valence-electron chi connectivity index (χ3n) is 5.89. The van der Waals surface area contributed by atoms with Crippen LogP contribution in [-0.4, -0.2) is 54.2 Å². The molecule has 1 N–H and O–H groups in total. The first-order valence-corrected chi connectivity index (χ1v) is 12.1. The van der Waals surface area contributed by atoms with E-state index in [4.69, 9.17) is 4.74 Å². The lowest BCUT2D eigenvalue weighted by atomic mass is 10.2. The molecule has 0 aliphatic carbocycles. The fourth-order valence-corrected chi connectivity index (χ4v) is 6.17. The SMILES string of the molecule is COc1cccc(-n2nc(C)cc2N2C[C@H](S(=O)(=O)c3ccccc3C(F)(F)F)C[C@H]2C(=O)O)c1. The van der Waals surface area contributed by atoms with E-state index in [-0.39, 0.29) is 13.0 Å². The third-order valence-corrected chi connectivity index (χ3v) is 8.08. The van der Waals surface area contributed by atoms with Crippen LogP contribution in [-0.2, 0) is 20.8 Å². The number of carboxylic acids is 1. The molecular formula is C23H22F3N3O5S. The standard InChI is InChI=1S/C23H22F3N3O5S/c1-14-10-21(29(27-14)15-6-5-7-16(11-15)34-2)28-13-17(12-19(28)22(30)31)35(32,33)20-9-4-3-8-18(20)23(24,25)26/h3-11,17,19H,12-13H2,1-2H3,(H,30,31)/t17-,19+/m1/s1. The number of aryl methyl sites for hydroxylation is 1. The van der Waals surface area contributed by atoms with Crippen LogP contribution in [0.25, 0.3) is 5.69 Å². The first-order chi connectivity index (χ1) is 16.4. The number of methoxy groups -OCH3 is 1. The van der Waals surface area contributed by atoms with Crippen molar-refractivity contribution in [3.8, 4) is 11.4 Å². The van der Waals surface area contributed by atoms with Gasteiger partial charge in [-0.15, -0.1) is 0 Å². The Balaban J connectivity index is 1.77. The predicted octanol–water partition coefficient (Wildman–Crippen LogP) is 3.71. The smallest absolute Gasteiger partial charge is 0.417 e. The largest absolute Gasteiger partial charge is 0.497 e. The molecule has 8 nitrogen and oxygen atoms in total. The van der Waals surface area contributed by atoms with Gasteiger partial charge >= 0.3 is 12.1 Å². The molecule has 35 heavy (non-hydrogen) atoms. The molecule has 0 unspecified atom stereocenters. The van der Waals surface area contributed by atoms with Crippen molar-refractivity contribution in [3.05, 3.63) is 65.9 Å². The Morgan fingerprint density at radius 1 is 1.14 bits per heavy atom. The number of hydrogen-bond donors (Lipinski definition) is 1. The Morgan fingerprint density at radius 2 is 1.86 bits per heavy atom. The number of ether oxygens (including phenoxy) is 1. The quantitative estimate of drug-likeness (QED) is 0.541. The van der Waals surface area contributed by atoms with E-state index >= 15 is 0 Å². The third kappa shape index (κ3) is 4.57. The number of carbonyl (C=O) groups is 1. The number of sulfone groups is 1. The van der Waals surface area contributed by atoms with Gasteiger partial charge in [-0.1, -0.05) is 18.2 Å². The monoisotopic (exact) mass is 509 g/mol. The fraction of sp³-hybridized carbons (Fsp3) is 0.304. The normalized spacial score (nSPS) is 18.6. The van der Waals surface area contributed by atoms with Gasteiger partial charge in [0.1, 0.15) is 17.6 Å². The van der Waals surface area contributed by atoms with Crippen LogP contribution in [0.15, 0.2) is 59.5 Å². The van der Waals surface area contributed by atoms with Crippen molar-refractivity contribution < 1.29 is 36.2 Å². The van der Waals surface area contributed by atoms with Gasteiger partial charge in [0, 0.05) is 18.7 Å². The molecule has 2 heterocycles. The van der Waals surface area contributed by atoms with Gasteiger partial charge in [-0.2, -0.15) is 18.3 Å². The van der Waals surface area contributed by atoms with Crippen LogP contribution in [0.4, 0.5) is 19.0 Å². The molecule has 1 aliphatic rings. The highest BCUT2D eigenvalue weighted by atomic mass is 32.2. The molecule has 1 aromatic heterocycles. The van der Waals surface area contributed by atoms with E-state index in [9.17, 15) is 31.5 Å². The number of halogens is 3. The first kappa shape index (κ1) is 24.6. The number of nitrogens with zero attached hydrogens (tertiary/aromatic N) is 3. The lowest BCUT2D eigenvalue weighted by molar-refractivity contribution is -0.140. The van der Waals surface area contributed by atoms with Gasteiger partial charge in [-0.25, -0.2) is 17.9 Å². The minimum atomic E-state index is -4.88. The molecule has 2 atom stereocenters. The summed E-state index contributed by atoms with van der Waals surface area (Å²) in [5, 5.41) is 12.9. The van der Waals surface area contributed by atoms with E-state index < -0.39 is 43.7 Å². The van der Waals surface area contributed by atoms with Crippen LogP contribution in [0.3, 0.4) is 0 Å². The minimum absolute atomic E-state index is 0.310. The van der Waals surface area contributed by atoms with E-state index in [2.05, 4.69) is 5.10 Å². The molecule has 4 rings (SSSR count). The Bertz CT molecular complexity index is 1370. The highest BCUT2D eigenvalue weighted by molar-refractivity contribution is 7.92. The molecule has 0 radical (unpaired) electrons. The average Bonchev–Trinajstić information content (AvgIpc) is 3.43. The molecule has 1 saturated heterocycles. The highest BCUT2D eigenvalue weighted by Crippen LogP contribution is 2.39. The first-order valence-electron chi connectivity index (χ1n) is 10.5. The Labute approximate surface area is 199 Å². The maximum atomic E-state index is 13.5. The zero-order valence-electron chi connectivity index (χ0n) is 18.7. The topological polar surface area (TPSA) is 102 Å². The van der Waals surface area contributed by atoms with Crippen molar-refractivity contribution in [3.63, 3.8) is 0 Å². The lowest BCUT2D eigenvalue weighted by Crippen LogP contribution is -2.37. The Hall–Kier alpha value is -3.54. The summed E-state index contributed by atoms with van der Waals surface area (Å²) in [6, 6.07) is 11.1. The number of anilines is 1. The number of rotatable bonds is 6. The van der Waals surface area contributed by atoms with Crippen LogP contribution in [0, 0.1) is 6.92 Å². The second-order valence-corrected chi connectivity index (χ2v) is 10.4. The van der Waals surface area contributed by atoms with Crippen molar-refractivity contribution in [2.24, 2.45) is 0 Å². The summed E-state index contributed by atoms with van der Waals surface area (Å²) in [6.07, 6.45) is -5.26. The summed E-state index contributed by atoms with van der Waals surface area (Å²) in [6.45, 7) is 1.38. The molecule has 1 fully saturated rings. The number of alkyl halides is 3. The molecule has 0 amide bonds. The number of aromatic nitrogens is 2. The number of benzene rings is 2. The number of carboxylic acid groups (broad SMARTS) is 1. The second kappa shape index (κ2) is 8.91. The van der Waals surface area contributed by atoms with Crippen molar-refractivity contribution in [1.29, 1.82) is 0 Å². The van der Waals surface area contributed by atoms with Crippen LogP contribution >= 0.6 is 0 Å². The van der Waals surface area contributed by atoms with E-state index in [1.54, 1.807) is 37.3 Å². The summed E-state index contributed by atoms with van der Waals surface area (Å²) in [5.41, 5.74) is -0.186. The summed E-state index contributed by atoms with van der Waals surface area (Å²) in [5.74, 6) is -0.449. The van der Waals surface area contributed by atoms with E-state index in [0.717, 1.165) is 12.1 Å². The number of aliphatic carboxylic acids is 1. The summed E-state index contributed by atoms with van der Waals surface area (Å²) >= 11 is 0. The van der Waals surface area contributed by atoms with Gasteiger partial charge < -0.3 is 14.7 Å². The Kier molecular flexibility index (Phi) is 6.26. The molecule has 0 spiro atoms. The van der Waals surface area contributed by atoms with Crippen LogP contribution in [0.1, 0.15) is 17.7 Å². The van der Waals surface area contributed by atoms with Gasteiger partial charge in [0.05, 0.1) is 34.2 Å². The van der Waals surface area contributed by atoms with Crippen LogP contribution in [0.2, 0.25) is 0 Å². The molecule has 186 valence electrons. The molecular weight excluding hydrogens is 487 g/mol. The van der Waals surface area contributed by atoms with E-state index in [1.165, 1.54) is 22.8 Å². The fourth-order valence-electron chi connectivity index (χ4n) is 4.26. The lowest BCUT2D eigenvalue weighted by Gasteiger charge is -2.24. The van der Waals surface area contributed by atoms with Gasteiger partial charge in [-0.3, -0.25) is 0 Å². The number of hydrogen-bond acceptors (Lipinski definition) is 6. The van der Waals surface area contributed by atoms with Crippen LogP contribution in [0.5, 0.6) is 5.75 Å². The minimum Gasteiger partial charge on any atom is -0.497 e. The maximum Gasteiger partial charge on any atom is 0.417 e. The maximum absolute atomic E-state index is 13.5. The van der Waals surface area contributed by atoms with Gasteiger partial charge in [0.15, 0.2) is 9.84 Å².